The molecule has 41 heavy (non-hydrogen) atoms. The number of nitrogens with zero attached hydrogens (tertiary/aromatic N) is 3. The monoisotopic (exact) mass is 578 g/mol. The highest BCUT2D eigenvalue weighted by Crippen LogP contribution is 2.33. The third-order valence-electron chi connectivity index (χ3n) is 6.09. The van der Waals surface area contributed by atoms with Gasteiger partial charge < -0.3 is 14.6 Å². The largest absolute Gasteiger partial charge is 0.489 e. The molecule has 1 amide bonds. The van der Waals surface area contributed by atoms with Crippen LogP contribution in [0.25, 0.3) is 22.8 Å². The minimum Gasteiger partial charge on any atom is -0.489 e. The Bertz CT molecular complexity index is 1530. The molecule has 0 unspecified atom stereocenters. The second kappa shape index (κ2) is 12.0. The molecule has 0 saturated carbocycles. The highest BCUT2D eigenvalue weighted by Gasteiger charge is 2.31. The summed E-state index contributed by atoms with van der Waals surface area (Å²) in [6, 6.07) is 9.67. The van der Waals surface area contributed by atoms with Crippen molar-refractivity contribution in [1.29, 1.82) is 0 Å². The summed E-state index contributed by atoms with van der Waals surface area (Å²) in [5, 5.41) is 5.83. The van der Waals surface area contributed by atoms with Gasteiger partial charge in [-0.05, 0) is 54.3 Å². The first kappa shape index (κ1) is 29.6. The number of carbonyl (C=O) groups is 1. The normalized spacial score (nSPS) is 11.9. The van der Waals surface area contributed by atoms with Gasteiger partial charge in [-0.1, -0.05) is 30.3 Å². The van der Waals surface area contributed by atoms with Gasteiger partial charge in [-0.2, -0.15) is 31.3 Å². The molecule has 0 aliphatic rings. The molecule has 0 aliphatic heterocycles. The van der Waals surface area contributed by atoms with Crippen molar-refractivity contribution < 1.29 is 40.4 Å². The highest BCUT2D eigenvalue weighted by molar-refractivity contribution is 5.79. The number of hydrogen-bond acceptors (Lipinski definition) is 6. The van der Waals surface area contributed by atoms with Crippen LogP contribution in [0.2, 0.25) is 0 Å². The van der Waals surface area contributed by atoms with Crippen molar-refractivity contribution in [3.05, 3.63) is 82.7 Å². The van der Waals surface area contributed by atoms with Crippen LogP contribution in [0.5, 0.6) is 5.75 Å². The average Bonchev–Trinajstić information content (AvgIpc) is 3.40. The number of benzene rings is 2. The van der Waals surface area contributed by atoms with Crippen LogP contribution in [0.3, 0.4) is 0 Å². The number of nitrogens with one attached hydrogen (secondary N) is 1. The molecule has 0 aliphatic carbocycles. The number of aromatic nitrogens is 3. The minimum atomic E-state index is -4.51. The van der Waals surface area contributed by atoms with E-state index in [0.717, 1.165) is 17.7 Å². The molecule has 0 spiro atoms. The fourth-order valence-corrected chi connectivity index (χ4v) is 4.04. The molecule has 7 nitrogen and oxygen atoms in total. The number of pyridine rings is 1. The van der Waals surface area contributed by atoms with Crippen LogP contribution < -0.4 is 10.1 Å². The number of carbonyl (C=O) groups excluding carboxylic acids is 1. The van der Waals surface area contributed by atoms with Gasteiger partial charge in [-0.3, -0.25) is 9.78 Å². The number of alkyl halides is 6. The van der Waals surface area contributed by atoms with Crippen molar-refractivity contribution in [3.8, 4) is 28.6 Å². The number of rotatable bonds is 9. The predicted octanol–water partition coefficient (Wildman–Crippen LogP) is 6.49. The van der Waals surface area contributed by atoms with E-state index in [9.17, 15) is 31.1 Å². The lowest BCUT2D eigenvalue weighted by Crippen LogP contribution is -2.34. The summed E-state index contributed by atoms with van der Waals surface area (Å²) in [6.45, 7) is 2.00. The lowest BCUT2D eigenvalue weighted by atomic mass is 10.0. The molecule has 13 heteroatoms. The summed E-state index contributed by atoms with van der Waals surface area (Å²) in [5.41, 5.74) is 2.40. The first-order chi connectivity index (χ1) is 19.3. The van der Waals surface area contributed by atoms with Crippen molar-refractivity contribution in [3.63, 3.8) is 0 Å². The van der Waals surface area contributed by atoms with E-state index in [0.29, 0.717) is 34.2 Å². The van der Waals surface area contributed by atoms with Crippen LogP contribution in [0.1, 0.15) is 34.7 Å². The molecule has 0 bridgehead atoms. The third-order valence-corrected chi connectivity index (χ3v) is 6.09. The fraction of sp³-hybridized carbons (Fsp3) is 0.286. The van der Waals surface area contributed by atoms with Gasteiger partial charge in [0.05, 0.1) is 17.5 Å². The van der Waals surface area contributed by atoms with Crippen molar-refractivity contribution in [2.45, 2.75) is 45.6 Å². The maximum atomic E-state index is 13.0. The lowest BCUT2D eigenvalue weighted by molar-refractivity contribution is -0.138. The van der Waals surface area contributed by atoms with E-state index in [-0.39, 0.29) is 30.5 Å². The van der Waals surface area contributed by atoms with Crippen LogP contribution in [0, 0.1) is 6.92 Å². The molecule has 4 rings (SSSR count). The topological polar surface area (TPSA) is 90.1 Å². The Balaban J connectivity index is 1.55. The zero-order valence-electron chi connectivity index (χ0n) is 21.9. The maximum absolute atomic E-state index is 13.0. The Labute approximate surface area is 230 Å². The van der Waals surface area contributed by atoms with Gasteiger partial charge in [0.1, 0.15) is 18.9 Å². The van der Waals surface area contributed by atoms with Crippen LogP contribution >= 0.6 is 0 Å². The summed E-state index contributed by atoms with van der Waals surface area (Å²) in [6.07, 6.45) is -5.52. The van der Waals surface area contributed by atoms with Crippen LogP contribution in [0.4, 0.5) is 26.3 Å². The van der Waals surface area contributed by atoms with Gasteiger partial charge in [0.15, 0.2) is 0 Å². The quantitative estimate of drug-likeness (QED) is 0.229. The molecular weight excluding hydrogens is 554 g/mol. The Morgan fingerprint density at radius 2 is 1.83 bits per heavy atom. The van der Waals surface area contributed by atoms with Gasteiger partial charge >= 0.3 is 12.4 Å². The van der Waals surface area contributed by atoms with E-state index >= 15 is 0 Å². The van der Waals surface area contributed by atoms with Gasteiger partial charge in [0.25, 0.3) is 5.89 Å². The highest BCUT2D eigenvalue weighted by atomic mass is 19.4. The number of halogens is 6. The fourth-order valence-electron chi connectivity index (χ4n) is 4.04. The maximum Gasteiger partial charge on any atom is 0.416 e. The number of hydrogen-bond donors (Lipinski definition) is 1. The first-order valence-electron chi connectivity index (χ1n) is 12.4. The van der Waals surface area contributed by atoms with Crippen LogP contribution in [-0.2, 0) is 30.4 Å². The standard InChI is InChI=1S/C28H24F6N4O3/c1-3-18-12-35-13-21(22(18)14-40-23-8-7-20(9-16(23)2)28(32,33)34)26-37-25(38-41-26)19-6-4-5-17(10-19)11-24(39)36-15-27(29,30)31/h4-10,12-13H,3,11,14-15H2,1-2H3,(H,36,39). The van der Waals surface area contributed by atoms with E-state index in [1.807, 2.05) is 12.2 Å². The first-order valence-corrected chi connectivity index (χ1v) is 12.4. The summed E-state index contributed by atoms with van der Waals surface area (Å²) < 4.78 is 87.6. The van der Waals surface area contributed by atoms with Crippen LogP contribution in [-0.4, -0.2) is 33.8 Å². The van der Waals surface area contributed by atoms with E-state index in [1.54, 1.807) is 30.5 Å². The molecule has 4 aromatic rings. The summed E-state index contributed by atoms with van der Waals surface area (Å²) in [4.78, 5) is 20.6. The lowest BCUT2D eigenvalue weighted by Gasteiger charge is -2.15. The van der Waals surface area contributed by atoms with Crippen molar-refractivity contribution in [2.75, 3.05) is 6.54 Å². The van der Waals surface area contributed by atoms with Crippen molar-refractivity contribution >= 4 is 5.91 Å². The average molecular weight is 579 g/mol. The molecule has 0 fully saturated rings. The molecule has 2 aromatic heterocycles. The van der Waals surface area contributed by atoms with Crippen molar-refractivity contribution in [1.82, 2.24) is 20.4 Å². The molecular formula is C28H24F6N4O3. The molecule has 2 aromatic carbocycles. The van der Waals surface area contributed by atoms with Gasteiger partial charge in [0.2, 0.25) is 11.7 Å². The second-order valence-electron chi connectivity index (χ2n) is 9.14. The predicted molar refractivity (Wildman–Crippen MR) is 136 cm³/mol. The van der Waals surface area contributed by atoms with Gasteiger partial charge in [-0.25, -0.2) is 0 Å². The molecule has 2 heterocycles. The summed E-state index contributed by atoms with van der Waals surface area (Å²) in [7, 11) is 0. The summed E-state index contributed by atoms with van der Waals surface area (Å²) >= 11 is 0. The van der Waals surface area contributed by atoms with Gasteiger partial charge in [0, 0.05) is 23.5 Å². The number of ether oxygens (including phenoxy) is 1. The zero-order valence-corrected chi connectivity index (χ0v) is 21.9. The molecule has 0 atom stereocenters. The van der Waals surface area contributed by atoms with E-state index in [1.165, 1.54) is 19.2 Å². The third kappa shape index (κ3) is 7.62. The Hall–Kier alpha value is -4.42. The Morgan fingerprint density at radius 1 is 1.05 bits per heavy atom. The minimum absolute atomic E-state index is 0.00648. The number of aryl methyl sites for hydroxylation is 2. The zero-order chi connectivity index (χ0) is 29.8. The molecule has 1 N–H and O–H groups in total. The number of amides is 1. The Kier molecular flexibility index (Phi) is 8.64. The van der Waals surface area contributed by atoms with Gasteiger partial charge in [-0.15, -0.1) is 0 Å². The van der Waals surface area contributed by atoms with Crippen LogP contribution in [0.15, 0.2) is 59.4 Å². The van der Waals surface area contributed by atoms with Crippen molar-refractivity contribution in [2.24, 2.45) is 0 Å². The SMILES string of the molecule is CCc1cncc(-c2nc(-c3cccc(CC(=O)NCC(F)(F)F)c3)no2)c1COc1ccc(C(F)(F)F)cc1C. The van der Waals surface area contributed by atoms with E-state index in [4.69, 9.17) is 9.26 Å². The molecule has 216 valence electrons. The van der Waals surface area contributed by atoms with E-state index in [2.05, 4.69) is 15.1 Å². The molecule has 0 radical (unpaired) electrons. The Morgan fingerprint density at radius 3 is 2.51 bits per heavy atom. The summed E-state index contributed by atoms with van der Waals surface area (Å²) in [5.74, 6) is -0.224. The van der Waals surface area contributed by atoms with E-state index < -0.39 is 30.4 Å². The second-order valence-corrected chi connectivity index (χ2v) is 9.14. The smallest absolute Gasteiger partial charge is 0.416 e. The molecule has 0 saturated heterocycles.